The van der Waals surface area contributed by atoms with Crippen LogP contribution in [0.15, 0.2) is 12.2 Å². The van der Waals surface area contributed by atoms with Crippen molar-refractivity contribution in [3.63, 3.8) is 0 Å². The summed E-state index contributed by atoms with van der Waals surface area (Å²) in [5.74, 6) is -1.19. The first-order chi connectivity index (χ1) is 12.1. The van der Waals surface area contributed by atoms with Crippen molar-refractivity contribution >= 4 is 11.9 Å². The maximum absolute atomic E-state index is 11.5. The van der Waals surface area contributed by atoms with Crippen molar-refractivity contribution in [1.29, 1.82) is 0 Å². The number of rotatable bonds is 16. The lowest BCUT2D eigenvalue weighted by Gasteiger charge is -2.08. The van der Waals surface area contributed by atoms with Crippen LogP contribution >= 0.6 is 0 Å². The van der Waals surface area contributed by atoms with E-state index in [-0.39, 0.29) is 12.3 Å². The van der Waals surface area contributed by atoms with Crippen LogP contribution in [0.3, 0.4) is 0 Å². The molecule has 0 amide bonds. The van der Waals surface area contributed by atoms with Crippen LogP contribution in [-0.2, 0) is 14.3 Å². The highest BCUT2D eigenvalue weighted by Gasteiger charge is 2.34. The Balaban J connectivity index is 1.82. The van der Waals surface area contributed by atoms with E-state index in [4.69, 9.17) is 0 Å². The molecule has 1 heterocycles. The van der Waals surface area contributed by atoms with E-state index in [1.54, 1.807) is 0 Å². The van der Waals surface area contributed by atoms with Crippen LogP contribution in [0.25, 0.3) is 0 Å². The third-order valence-corrected chi connectivity index (χ3v) is 5.21. The molecular weight excluding hydrogens is 312 g/mol. The van der Waals surface area contributed by atoms with Crippen LogP contribution in [0.2, 0.25) is 0 Å². The molecule has 3 nitrogen and oxygen atoms in total. The van der Waals surface area contributed by atoms with Gasteiger partial charge in [-0.15, -0.1) is 0 Å². The van der Waals surface area contributed by atoms with E-state index in [0.717, 1.165) is 18.4 Å². The van der Waals surface area contributed by atoms with Crippen LogP contribution in [0, 0.1) is 5.92 Å². The summed E-state index contributed by atoms with van der Waals surface area (Å²) >= 11 is 0. The van der Waals surface area contributed by atoms with Gasteiger partial charge >= 0.3 is 11.9 Å². The lowest BCUT2D eigenvalue weighted by atomic mass is 9.94. The Bertz CT molecular complexity index is 400. The second kappa shape index (κ2) is 14.1. The Morgan fingerprint density at radius 2 is 1.28 bits per heavy atom. The van der Waals surface area contributed by atoms with Crippen molar-refractivity contribution < 1.29 is 14.3 Å². The zero-order valence-corrected chi connectivity index (χ0v) is 16.3. The topological polar surface area (TPSA) is 43.4 Å². The van der Waals surface area contributed by atoms with Crippen LogP contribution in [0.4, 0.5) is 0 Å². The van der Waals surface area contributed by atoms with Gasteiger partial charge in [-0.1, -0.05) is 103 Å². The Morgan fingerprint density at radius 3 is 1.68 bits per heavy atom. The molecule has 0 aromatic heterocycles. The maximum atomic E-state index is 11.5. The molecule has 0 aliphatic carbocycles. The van der Waals surface area contributed by atoms with Gasteiger partial charge in [0.1, 0.15) is 0 Å². The third kappa shape index (κ3) is 10.5. The molecule has 144 valence electrons. The molecule has 1 unspecified atom stereocenters. The normalized spacial score (nSPS) is 17.1. The van der Waals surface area contributed by atoms with Crippen molar-refractivity contribution in [2.45, 2.75) is 110 Å². The minimum atomic E-state index is -0.405. The number of cyclic esters (lactones) is 2. The van der Waals surface area contributed by atoms with Crippen molar-refractivity contribution in [2.75, 3.05) is 0 Å². The fraction of sp³-hybridized carbons (Fsp3) is 0.818. The summed E-state index contributed by atoms with van der Waals surface area (Å²) in [6.45, 7) is 6.24. The number of esters is 2. The van der Waals surface area contributed by atoms with Crippen LogP contribution in [0.1, 0.15) is 110 Å². The summed E-state index contributed by atoms with van der Waals surface area (Å²) in [6.07, 6.45) is 19.8. The highest BCUT2D eigenvalue weighted by molar-refractivity contribution is 5.96. The second-order valence-electron chi connectivity index (χ2n) is 7.55. The number of ether oxygens (including phenoxy) is 1. The average Bonchev–Trinajstić information content (AvgIpc) is 2.93. The molecule has 0 radical (unpaired) electrons. The monoisotopic (exact) mass is 350 g/mol. The zero-order valence-electron chi connectivity index (χ0n) is 16.3. The fourth-order valence-electron chi connectivity index (χ4n) is 3.51. The number of carbonyl (C=O) groups excluding carboxylic acids is 2. The summed E-state index contributed by atoms with van der Waals surface area (Å²) in [5, 5.41) is 0. The Morgan fingerprint density at radius 1 is 0.840 bits per heavy atom. The molecule has 0 aromatic carbocycles. The van der Waals surface area contributed by atoms with E-state index in [2.05, 4.69) is 18.2 Å². The van der Waals surface area contributed by atoms with Gasteiger partial charge in [-0.05, 0) is 12.8 Å². The minimum Gasteiger partial charge on any atom is -0.393 e. The van der Waals surface area contributed by atoms with Crippen LogP contribution < -0.4 is 0 Å². The van der Waals surface area contributed by atoms with Crippen molar-refractivity contribution in [3.05, 3.63) is 12.2 Å². The number of hydrogen-bond acceptors (Lipinski definition) is 3. The molecule has 1 fully saturated rings. The van der Waals surface area contributed by atoms with E-state index < -0.39 is 11.9 Å². The molecule has 0 aromatic rings. The second-order valence-corrected chi connectivity index (χ2v) is 7.55. The van der Waals surface area contributed by atoms with Gasteiger partial charge in [0.15, 0.2) is 0 Å². The minimum absolute atomic E-state index is 0.191. The molecule has 1 atom stereocenters. The van der Waals surface area contributed by atoms with E-state index in [1.165, 1.54) is 83.5 Å². The molecular formula is C22H38O3. The van der Waals surface area contributed by atoms with E-state index in [1.807, 2.05) is 0 Å². The lowest BCUT2D eigenvalue weighted by molar-refractivity contribution is -0.152. The molecule has 0 spiro atoms. The number of carbonyl (C=O) groups is 2. The van der Waals surface area contributed by atoms with E-state index in [9.17, 15) is 9.59 Å². The molecule has 0 saturated carbocycles. The zero-order chi connectivity index (χ0) is 18.3. The molecule has 3 heteroatoms. The maximum Gasteiger partial charge on any atom is 0.321 e. The predicted molar refractivity (Wildman–Crippen MR) is 103 cm³/mol. The first-order valence-electron chi connectivity index (χ1n) is 10.6. The molecule has 1 aliphatic heterocycles. The Labute approximate surface area is 154 Å². The summed E-state index contributed by atoms with van der Waals surface area (Å²) in [5.41, 5.74) is 0.870. The SMILES string of the molecule is C=C(CCCCCCCCCCCCCCCC)C1CC(=O)OC1=O. The molecule has 0 N–H and O–H groups in total. The van der Waals surface area contributed by atoms with Gasteiger partial charge in [0.2, 0.25) is 0 Å². The highest BCUT2D eigenvalue weighted by atomic mass is 16.6. The van der Waals surface area contributed by atoms with Gasteiger partial charge in [-0.3, -0.25) is 9.59 Å². The predicted octanol–water partition coefficient (Wildman–Crippen LogP) is 6.50. The highest BCUT2D eigenvalue weighted by Crippen LogP contribution is 2.26. The van der Waals surface area contributed by atoms with Crippen LogP contribution in [-0.4, -0.2) is 11.9 Å². The van der Waals surface area contributed by atoms with Gasteiger partial charge in [-0.2, -0.15) is 0 Å². The quantitative estimate of drug-likeness (QED) is 0.138. The van der Waals surface area contributed by atoms with Crippen molar-refractivity contribution in [1.82, 2.24) is 0 Å². The summed E-state index contributed by atoms with van der Waals surface area (Å²) in [4.78, 5) is 22.6. The van der Waals surface area contributed by atoms with Gasteiger partial charge in [0, 0.05) is 0 Å². The summed E-state index contributed by atoms with van der Waals surface area (Å²) in [6, 6.07) is 0. The van der Waals surface area contributed by atoms with Crippen molar-refractivity contribution in [2.24, 2.45) is 5.92 Å². The molecule has 1 rings (SSSR count). The van der Waals surface area contributed by atoms with Crippen molar-refractivity contribution in [3.8, 4) is 0 Å². The summed E-state index contributed by atoms with van der Waals surface area (Å²) < 4.78 is 4.58. The van der Waals surface area contributed by atoms with Gasteiger partial charge in [-0.25, -0.2) is 0 Å². The summed E-state index contributed by atoms with van der Waals surface area (Å²) in [7, 11) is 0. The van der Waals surface area contributed by atoms with E-state index >= 15 is 0 Å². The first kappa shape index (κ1) is 21.9. The third-order valence-electron chi connectivity index (χ3n) is 5.21. The average molecular weight is 351 g/mol. The van der Waals surface area contributed by atoms with Gasteiger partial charge in [0.05, 0.1) is 12.3 Å². The van der Waals surface area contributed by atoms with Crippen LogP contribution in [0.5, 0.6) is 0 Å². The standard InChI is InChI=1S/C22H38O3/c1-3-4-5-6-7-8-9-10-11-12-13-14-15-16-17-19(2)20-18-21(23)25-22(20)24/h20H,2-18H2,1H3. The first-order valence-corrected chi connectivity index (χ1v) is 10.6. The van der Waals surface area contributed by atoms with Gasteiger partial charge < -0.3 is 4.74 Å². The largest absolute Gasteiger partial charge is 0.393 e. The van der Waals surface area contributed by atoms with Gasteiger partial charge in [0.25, 0.3) is 0 Å². The fourth-order valence-corrected chi connectivity index (χ4v) is 3.51. The molecule has 25 heavy (non-hydrogen) atoms. The molecule has 0 bridgehead atoms. The lowest BCUT2D eigenvalue weighted by Crippen LogP contribution is -2.09. The molecule has 1 aliphatic rings. The van der Waals surface area contributed by atoms with E-state index in [0.29, 0.717) is 0 Å². The Hall–Kier alpha value is -1.12. The molecule has 1 saturated heterocycles. The smallest absolute Gasteiger partial charge is 0.321 e. The number of hydrogen-bond donors (Lipinski definition) is 0. The number of unbranched alkanes of at least 4 members (excludes halogenated alkanes) is 13. The Kier molecular flexibility index (Phi) is 12.4.